The van der Waals surface area contributed by atoms with Crippen molar-refractivity contribution >= 4 is 10.5 Å². The molecular weight excluding hydrogens is 206 g/mol. The van der Waals surface area contributed by atoms with Gasteiger partial charge in [-0.1, -0.05) is 6.07 Å². The van der Waals surface area contributed by atoms with Gasteiger partial charge in [-0.25, -0.2) is 0 Å². The standard InChI is InChI=1S/C8H9NO4S/c10-7-2-1-6(5-8(7)11)3-4-9-14(12)13/h1-2,5,10-11H,3-4H2. The lowest BCUT2D eigenvalue weighted by Crippen LogP contribution is -1.88. The Hall–Kier alpha value is -1.56. The number of benzene rings is 1. The third-order valence-electron chi connectivity index (χ3n) is 1.64. The van der Waals surface area contributed by atoms with Gasteiger partial charge >= 0.3 is 10.5 Å². The molecule has 1 aromatic rings. The van der Waals surface area contributed by atoms with Crippen molar-refractivity contribution in [1.29, 1.82) is 0 Å². The Morgan fingerprint density at radius 1 is 1.21 bits per heavy atom. The summed E-state index contributed by atoms with van der Waals surface area (Å²) in [6, 6.07) is 4.32. The van der Waals surface area contributed by atoms with Gasteiger partial charge in [0.05, 0.1) is 6.54 Å². The second-order valence-electron chi connectivity index (χ2n) is 2.64. The molecule has 1 aromatic carbocycles. The predicted octanol–water partition coefficient (Wildman–Crippen LogP) is 0.703. The summed E-state index contributed by atoms with van der Waals surface area (Å²) < 4.78 is 23.4. The first-order chi connectivity index (χ1) is 6.59. The van der Waals surface area contributed by atoms with Gasteiger partial charge in [-0.05, 0) is 24.1 Å². The van der Waals surface area contributed by atoms with Crippen LogP contribution in [0.5, 0.6) is 11.5 Å². The highest BCUT2D eigenvalue weighted by Crippen LogP contribution is 2.24. The lowest BCUT2D eigenvalue weighted by molar-refractivity contribution is 0.403. The summed E-state index contributed by atoms with van der Waals surface area (Å²) in [6.45, 7) is 0.139. The molecule has 0 bridgehead atoms. The van der Waals surface area contributed by atoms with Crippen LogP contribution in [0.25, 0.3) is 0 Å². The normalized spacial score (nSPS) is 9.71. The average molecular weight is 215 g/mol. The van der Waals surface area contributed by atoms with E-state index in [-0.39, 0.29) is 18.0 Å². The lowest BCUT2D eigenvalue weighted by Gasteiger charge is -2.00. The van der Waals surface area contributed by atoms with Gasteiger partial charge in [0.1, 0.15) is 0 Å². The number of hydrogen-bond acceptors (Lipinski definition) is 5. The molecule has 0 atom stereocenters. The molecule has 2 N–H and O–H groups in total. The first-order valence-corrected chi connectivity index (χ1v) is 4.90. The number of rotatable bonds is 3. The first kappa shape index (κ1) is 10.5. The Bertz CT molecular complexity index is 444. The highest BCUT2D eigenvalue weighted by atomic mass is 32.2. The largest absolute Gasteiger partial charge is 0.504 e. The van der Waals surface area contributed by atoms with Crippen molar-refractivity contribution in [2.45, 2.75) is 6.42 Å². The molecule has 0 aromatic heterocycles. The van der Waals surface area contributed by atoms with E-state index in [9.17, 15) is 8.42 Å². The van der Waals surface area contributed by atoms with Gasteiger partial charge in [0.25, 0.3) is 0 Å². The summed E-state index contributed by atoms with van der Waals surface area (Å²) in [4.78, 5) is 0. The topological polar surface area (TPSA) is 87.0 Å². The summed E-state index contributed by atoms with van der Waals surface area (Å²) in [5.41, 5.74) is 0.717. The fourth-order valence-corrected chi connectivity index (χ4v) is 1.21. The number of nitrogens with zero attached hydrogens (tertiary/aromatic N) is 1. The van der Waals surface area contributed by atoms with Crippen LogP contribution in [-0.4, -0.2) is 25.2 Å². The molecule has 0 aliphatic carbocycles. The SMILES string of the molecule is O=S(=O)=NCCc1ccc(O)c(O)c1. The maximum absolute atomic E-state index is 10.1. The summed E-state index contributed by atoms with van der Waals surface area (Å²) in [7, 11) is -2.39. The Morgan fingerprint density at radius 3 is 2.50 bits per heavy atom. The summed E-state index contributed by atoms with van der Waals surface area (Å²) in [5, 5.41) is 18.1. The monoisotopic (exact) mass is 215 g/mol. The quantitative estimate of drug-likeness (QED) is 0.727. The molecule has 0 spiro atoms. The van der Waals surface area contributed by atoms with Crippen molar-refractivity contribution in [3.05, 3.63) is 23.8 Å². The van der Waals surface area contributed by atoms with E-state index in [1.54, 1.807) is 6.07 Å². The van der Waals surface area contributed by atoms with Crippen LogP contribution in [-0.2, 0) is 16.9 Å². The Balaban J connectivity index is 2.69. The molecule has 0 aliphatic rings. The molecule has 0 radical (unpaired) electrons. The van der Waals surface area contributed by atoms with Gasteiger partial charge < -0.3 is 10.2 Å². The van der Waals surface area contributed by atoms with Crippen LogP contribution < -0.4 is 0 Å². The zero-order chi connectivity index (χ0) is 10.6. The summed E-state index contributed by atoms with van der Waals surface area (Å²) >= 11 is 0. The van der Waals surface area contributed by atoms with Crippen molar-refractivity contribution in [3.8, 4) is 11.5 Å². The lowest BCUT2D eigenvalue weighted by atomic mass is 10.1. The first-order valence-electron chi connectivity index (χ1n) is 3.87. The highest BCUT2D eigenvalue weighted by Gasteiger charge is 1.99. The zero-order valence-electron chi connectivity index (χ0n) is 7.21. The smallest absolute Gasteiger partial charge is 0.311 e. The van der Waals surface area contributed by atoms with Crippen LogP contribution in [0.2, 0.25) is 0 Å². The predicted molar refractivity (Wildman–Crippen MR) is 49.7 cm³/mol. The summed E-state index contributed by atoms with van der Waals surface area (Å²) in [5.74, 6) is -0.413. The number of hydrogen-bond donors (Lipinski definition) is 2. The molecule has 0 saturated carbocycles. The van der Waals surface area contributed by atoms with Crippen LogP contribution >= 0.6 is 0 Å². The van der Waals surface area contributed by atoms with E-state index >= 15 is 0 Å². The molecule has 0 fully saturated rings. The number of aromatic hydroxyl groups is 2. The van der Waals surface area contributed by atoms with Crippen molar-refractivity contribution in [2.24, 2.45) is 4.36 Å². The average Bonchev–Trinajstić information content (AvgIpc) is 2.10. The van der Waals surface area contributed by atoms with Gasteiger partial charge in [0, 0.05) is 0 Å². The van der Waals surface area contributed by atoms with E-state index in [4.69, 9.17) is 10.2 Å². The van der Waals surface area contributed by atoms with Gasteiger partial charge in [0.2, 0.25) is 0 Å². The Morgan fingerprint density at radius 2 is 1.93 bits per heavy atom. The molecule has 5 nitrogen and oxygen atoms in total. The molecule has 0 saturated heterocycles. The maximum Gasteiger partial charge on any atom is 0.311 e. The van der Waals surface area contributed by atoms with Gasteiger partial charge in [0.15, 0.2) is 11.5 Å². The minimum Gasteiger partial charge on any atom is -0.504 e. The van der Waals surface area contributed by atoms with Gasteiger partial charge in [-0.2, -0.15) is 12.8 Å². The van der Waals surface area contributed by atoms with Gasteiger partial charge in [-0.3, -0.25) is 0 Å². The summed E-state index contributed by atoms with van der Waals surface area (Å²) in [6.07, 6.45) is 0.405. The third-order valence-corrected chi connectivity index (χ3v) is 2.03. The van der Waals surface area contributed by atoms with E-state index in [2.05, 4.69) is 4.36 Å². The molecule has 1 rings (SSSR count). The van der Waals surface area contributed by atoms with Crippen LogP contribution in [0.3, 0.4) is 0 Å². The molecule has 6 heteroatoms. The van der Waals surface area contributed by atoms with Crippen LogP contribution in [0, 0.1) is 0 Å². The van der Waals surface area contributed by atoms with Crippen LogP contribution in [0.15, 0.2) is 22.6 Å². The van der Waals surface area contributed by atoms with Crippen molar-refractivity contribution in [1.82, 2.24) is 0 Å². The second kappa shape index (κ2) is 4.61. The minimum absolute atomic E-state index is 0.139. The molecule has 14 heavy (non-hydrogen) atoms. The molecular formula is C8H9NO4S. The third kappa shape index (κ3) is 3.06. The molecule has 0 amide bonds. The zero-order valence-corrected chi connectivity index (χ0v) is 8.03. The van der Waals surface area contributed by atoms with Crippen LogP contribution in [0.1, 0.15) is 5.56 Å². The second-order valence-corrected chi connectivity index (χ2v) is 3.34. The van der Waals surface area contributed by atoms with Gasteiger partial charge in [-0.15, -0.1) is 0 Å². The fourth-order valence-electron chi connectivity index (χ4n) is 0.974. The van der Waals surface area contributed by atoms with Crippen molar-refractivity contribution < 1.29 is 18.6 Å². The van der Waals surface area contributed by atoms with Crippen LogP contribution in [0.4, 0.5) is 0 Å². The van der Waals surface area contributed by atoms with E-state index in [0.29, 0.717) is 6.42 Å². The number of phenolic OH excluding ortho intramolecular Hbond substituents is 2. The number of phenols is 2. The minimum atomic E-state index is -2.39. The molecule has 0 aliphatic heterocycles. The van der Waals surface area contributed by atoms with E-state index in [1.807, 2.05) is 0 Å². The van der Waals surface area contributed by atoms with E-state index < -0.39 is 10.5 Å². The molecule has 0 unspecified atom stereocenters. The Kier molecular flexibility index (Phi) is 3.47. The van der Waals surface area contributed by atoms with Crippen molar-refractivity contribution in [2.75, 3.05) is 6.54 Å². The molecule has 76 valence electrons. The highest BCUT2D eigenvalue weighted by molar-refractivity contribution is 7.61. The van der Waals surface area contributed by atoms with E-state index in [1.165, 1.54) is 12.1 Å². The van der Waals surface area contributed by atoms with E-state index in [0.717, 1.165) is 5.56 Å². The fraction of sp³-hybridized carbons (Fsp3) is 0.250. The van der Waals surface area contributed by atoms with Crippen molar-refractivity contribution in [3.63, 3.8) is 0 Å². The molecule has 0 heterocycles. The maximum atomic E-state index is 10.1. The Labute approximate surface area is 82.3 Å².